The second kappa shape index (κ2) is 16.2. The molecule has 2 aliphatic rings. The van der Waals surface area contributed by atoms with Gasteiger partial charge in [0, 0.05) is 41.2 Å². The van der Waals surface area contributed by atoms with Gasteiger partial charge in [0.15, 0.2) is 0 Å². The third-order valence-electron chi connectivity index (χ3n) is 9.93. The van der Waals surface area contributed by atoms with Crippen LogP contribution in [0.3, 0.4) is 0 Å². The monoisotopic (exact) mass is 782 g/mol. The van der Waals surface area contributed by atoms with E-state index in [9.17, 15) is 27.5 Å². The smallest absolute Gasteiger partial charge is 0.305 e. The average Bonchev–Trinajstić information content (AvgIpc) is 3.10. The van der Waals surface area contributed by atoms with Gasteiger partial charge in [-0.15, -0.1) is 0 Å². The lowest BCUT2D eigenvalue weighted by Gasteiger charge is -2.51. The molecule has 0 saturated carbocycles. The van der Waals surface area contributed by atoms with E-state index in [2.05, 4.69) is 4.72 Å². The van der Waals surface area contributed by atoms with Crippen molar-refractivity contribution in [3.63, 3.8) is 0 Å². The molecule has 4 atom stereocenters. The number of hydrogen-bond donors (Lipinski definition) is 2. The van der Waals surface area contributed by atoms with Gasteiger partial charge in [-0.25, -0.2) is 17.5 Å². The highest BCUT2D eigenvalue weighted by Gasteiger charge is 2.52. The number of carbonyl (C=O) groups excluding carboxylic acids is 1. The molecule has 280 valence electrons. The number of rotatable bonds is 13. The standard InChI is InChI=1S/C40H41Cl2FN2O7S/c1-40(2)34-23-33(39(48)45(18-16-37(46)47)24-27-6-4-8-29(42)20-27)36(22-26-5-3-7-28(41)19-26)51-38(34)32-21-25(9-14-35(32)52-40)15-17-44-53(49,50)31-12-10-30(43)11-13-31/h3-14,19-21,33-34,36,38,44H,15-18,22-24H2,1-2H3,(H,46,47)/t33?,34-,36-,38+/m1/s1. The van der Waals surface area contributed by atoms with Crippen molar-refractivity contribution in [2.45, 2.75) is 68.8 Å². The van der Waals surface area contributed by atoms with E-state index in [4.69, 9.17) is 32.7 Å². The molecule has 0 spiro atoms. The first-order chi connectivity index (χ1) is 25.2. The average molecular weight is 784 g/mol. The Morgan fingerprint density at radius 1 is 0.943 bits per heavy atom. The predicted octanol–water partition coefficient (Wildman–Crippen LogP) is 7.63. The second-order valence-corrected chi connectivity index (χ2v) is 16.7. The lowest BCUT2D eigenvalue weighted by atomic mass is 9.70. The summed E-state index contributed by atoms with van der Waals surface area (Å²) in [6.07, 6.45) is -0.132. The van der Waals surface area contributed by atoms with Crippen molar-refractivity contribution in [3.05, 3.63) is 129 Å². The van der Waals surface area contributed by atoms with E-state index in [0.717, 1.165) is 34.4 Å². The van der Waals surface area contributed by atoms with Gasteiger partial charge in [-0.2, -0.15) is 0 Å². The molecule has 0 radical (unpaired) electrons. The summed E-state index contributed by atoms with van der Waals surface area (Å²) in [6.45, 7) is 4.24. The number of carboxylic acid groups (broad SMARTS) is 1. The molecular formula is C40H41Cl2FN2O7S. The van der Waals surface area contributed by atoms with Crippen LogP contribution in [0.2, 0.25) is 10.0 Å². The first kappa shape index (κ1) is 38.7. The highest BCUT2D eigenvalue weighted by atomic mass is 35.5. The van der Waals surface area contributed by atoms with Gasteiger partial charge in [-0.05, 0) is 110 Å². The van der Waals surface area contributed by atoms with Crippen LogP contribution in [-0.2, 0) is 43.7 Å². The number of halogens is 3. The number of carboxylic acids is 1. The number of fused-ring (bicyclic) bond motifs is 3. The highest BCUT2D eigenvalue weighted by molar-refractivity contribution is 7.89. The quantitative estimate of drug-likeness (QED) is 0.143. The van der Waals surface area contributed by atoms with E-state index < -0.39 is 45.5 Å². The maximum Gasteiger partial charge on any atom is 0.305 e. The zero-order valence-electron chi connectivity index (χ0n) is 29.3. The molecule has 1 saturated heterocycles. The number of aliphatic carboxylic acids is 1. The number of carbonyl (C=O) groups is 2. The number of nitrogens with zero attached hydrogens (tertiary/aromatic N) is 1. The Kier molecular flexibility index (Phi) is 11.8. The van der Waals surface area contributed by atoms with Crippen LogP contribution in [0.15, 0.2) is 95.9 Å². The lowest BCUT2D eigenvalue weighted by molar-refractivity contribution is -0.184. The molecular weight excluding hydrogens is 742 g/mol. The Labute approximate surface area is 319 Å². The Hall–Kier alpha value is -4.00. The van der Waals surface area contributed by atoms with Crippen molar-refractivity contribution in [1.29, 1.82) is 0 Å². The van der Waals surface area contributed by atoms with E-state index >= 15 is 0 Å². The second-order valence-electron chi connectivity index (χ2n) is 14.1. The molecule has 13 heteroatoms. The third kappa shape index (κ3) is 9.39. The molecule has 9 nitrogen and oxygen atoms in total. The fourth-order valence-corrected chi connectivity index (χ4v) is 8.71. The van der Waals surface area contributed by atoms with Gasteiger partial charge >= 0.3 is 5.97 Å². The van der Waals surface area contributed by atoms with Gasteiger partial charge in [0.2, 0.25) is 15.9 Å². The fourth-order valence-electron chi connectivity index (χ4n) is 7.25. The van der Waals surface area contributed by atoms with Crippen LogP contribution in [0, 0.1) is 17.7 Å². The first-order valence-corrected chi connectivity index (χ1v) is 19.6. The van der Waals surface area contributed by atoms with Crippen LogP contribution < -0.4 is 9.46 Å². The molecule has 4 aromatic rings. The Bertz CT molecular complexity index is 2080. The molecule has 4 aromatic carbocycles. The molecule has 0 aromatic heterocycles. The van der Waals surface area contributed by atoms with Crippen molar-refractivity contribution in [3.8, 4) is 5.75 Å². The van der Waals surface area contributed by atoms with Crippen LogP contribution in [0.1, 0.15) is 55.0 Å². The first-order valence-electron chi connectivity index (χ1n) is 17.4. The summed E-state index contributed by atoms with van der Waals surface area (Å²) in [5, 5.41) is 10.6. The van der Waals surface area contributed by atoms with Crippen molar-refractivity contribution >= 4 is 45.1 Å². The molecule has 2 heterocycles. The summed E-state index contributed by atoms with van der Waals surface area (Å²) >= 11 is 12.6. The number of nitrogens with one attached hydrogen (secondary N) is 1. The minimum Gasteiger partial charge on any atom is -0.487 e. The molecule has 53 heavy (non-hydrogen) atoms. The van der Waals surface area contributed by atoms with Crippen molar-refractivity contribution in [2.75, 3.05) is 13.1 Å². The van der Waals surface area contributed by atoms with E-state index in [1.807, 2.05) is 56.3 Å². The molecule has 0 aliphatic carbocycles. The Morgan fingerprint density at radius 2 is 1.62 bits per heavy atom. The number of sulfonamides is 1. The van der Waals surface area contributed by atoms with Gasteiger partial charge in [0.25, 0.3) is 0 Å². The number of benzene rings is 4. The lowest BCUT2D eigenvalue weighted by Crippen LogP contribution is -2.54. The van der Waals surface area contributed by atoms with Gasteiger partial charge in [-0.3, -0.25) is 9.59 Å². The van der Waals surface area contributed by atoms with Gasteiger partial charge in [-0.1, -0.05) is 53.5 Å². The molecule has 1 fully saturated rings. The molecule has 1 amide bonds. The van der Waals surface area contributed by atoms with E-state index in [1.165, 1.54) is 12.1 Å². The van der Waals surface area contributed by atoms with E-state index in [0.29, 0.717) is 35.1 Å². The predicted molar refractivity (Wildman–Crippen MR) is 200 cm³/mol. The van der Waals surface area contributed by atoms with Crippen molar-refractivity contribution in [1.82, 2.24) is 9.62 Å². The topological polar surface area (TPSA) is 122 Å². The summed E-state index contributed by atoms with van der Waals surface area (Å²) in [5.41, 5.74) is 2.58. The van der Waals surface area contributed by atoms with Crippen molar-refractivity contribution in [2.24, 2.45) is 11.8 Å². The maximum absolute atomic E-state index is 14.6. The molecule has 6 rings (SSSR count). The van der Waals surface area contributed by atoms with Crippen molar-refractivity contribution < 1.29 is 37.0 Å². The van der Waals surface area contributed by atoms with Crippen LogP contribution in [-0.4, -0.2) is 55.1 Å². The zero-order valence-corrected chi connectivity index (χ0v) is 31.6. The normalized spacial score (nSPS) is 20.5. The van der Waals surface area contributed by atoms with Gasteiger partial charge < -0.3 is 19.5 Å². The SMILES string of the molecule is CC1(C)Oc2ccc(CCNS(=O)(=O)c3ccc(F)cc3)cc2[C@@H]2O[C@H](Cc3cccc(Cl)c3)C(C(=O)N(CCC(=O)O)Cc3cccc(Cl)c3)C[C@H]21. The molecule has 1 unspecified atom stereocenters. The van der Waals surface area contributed by atoms with Crippen LogP contribution >= 0.6 is 23.2 Å². The van der Waals surface area contributed by atoms with E-state index in [1.54, 1.807) is 29.2 Å². The van der Waals surface area contributed by atoms with Gasteiger partial charge in [0.1, 0.15) is 17.2 Å². The minimum absolute atomic E-state index is 0.00611. The summed E-state index contributed by atoms with van der Waals surface area (Å²) in [4.78, 5) is 27.9. The summed E-state index contributed by atoms with van der Waals surface area (Å²) < 4.78 is 55.1. The molecule has 2 N–H and O–H groups in total. The third-order valence-corrected chi connectivity index (χ3v) is 11.9. The maximum atomic E-state index is 14.6. The van der Waals surface area contributed by atoms with Crippen LogP contribution in [0.25, 0.3) is 0 Å². The Morgan fingerprint density at radius 3 is 2.30 bits per heavy atom. The number of ether oxygens (including phenoxy) is 2. The van der Waals surface area contributed by atoms with Gasteiger partial charge in [0.05, 0.1) is 29.4 Å². The number of hydrogen-bond acceptors (Lipinski definition) is 6. The minimum atomic E-state index is -3.84. The zero-order chi connectivity index (χ0) is 37.9. The fraction of sp³-hybridized carbons (Fsp3) is 0.350. The summed E-state index contributed by atoms with van der Waals surface area (Å²) in [6, 6.07) is 24.9. The summed E-state index contributed by atoms with van der Waals surface area (Å²) in [5.74, 6) is -2.02. The van der Waals surface area contributed by atoms with Crippen LogP contribution in [0.4, 0.5) is 4.39 Å². The van der Waals surface area contributed by atoms with Crippen LogP contribution in [0.5, 0.6) is 5.75 Å². The highest BCUT2D eigenvalue weighted by Crippen LogP contribution is 2.53. The summed E-state index contributed by atoms with van der Waals surface area (Å²) in [7, 11) is -3.84. The molecule has 2 aliphatic heterocycles. The number of amides is 1. The van der Waals surface area contributed by atoms with E-state index in [-0.39, 0.29) is 42.8 Å². The largest absolute Gasteiger partial charge is 0.487 e. The molecule has 0 bridgehead atoms. The Balaban J connectivity index is 1.29.